The fourth-order valence-electron chi connectivity index (χ4n) is 1.92. The number of alkyl halides is 3. The molecule has 4 nitrogen and oxygen atoms in total. The molecule has 0 aromatic carbocycles. The van der Waals surface area contributed by atoms with Crippen molar-refractivity contribution in [2.75, 3.05) is 12.4 Å². The van der Waals surface area contributed by atoms with E-state index in [2.05, 4.69) is 0 Å². The maximum Gasteiger partial charge on any atom is 0.418 e. The Morgan fingerprint density at radius 2 is 2.14 bits per heavy atom. The summed E-state index contributed by atoms with van der Waals surface area (Å²) in [5.41, 5.74) is -1.81. The van der Waals surface area contributed by atoms with Crippen LogP contribution in [0.2, 0.25) is 0 Å². The van der Waals surface area contributed by atoms with Crippen LogP contribution in [0.15, 0.2) is 22.6 Å². The van der Waals surface area contributed by atoms with Crippen molar-refractivity contribution in [3.63, 3.8) is 0 Å². The first kappa shape index (κ1) is 16.2. The predicted octanol–water partition coefficient (Wildman–Crippen LogP) is 2.93. The average Bonchev–Trinajstić information content (AvgIpc) is 2.73. The second kappa shape index (κ2) is 5.54. The van der Waals surface area contributed by atoms with Crippen LogP contribution in [-0.4, -0.2) is 32.7 Å². The number of hydrogen-bond donors (Lipinski definition) is 1. The summed E-state index contributed by atoms with van der Waals surface area (Å²) in [5.74, 6) is -0.209. The van der Waals surface area contributed by atoms with Crippen molar-refractivity contribution in [1.82, 2.24) is 0 Å². The van der Waals surface area contributed by atoms with Gasteiger partial charge in [0, 0.05) is 4.88 Å². The Labute approximate surface area is 123 Å². The monoisotopic (exact) mass is 339 g/mol. The molecule has 0 saturated carbocycles. The maximum absolute atomic E-state index is 12.8. The highest BCUT2D eigenvalue weighted by molar-refractivity contribution is 7.91. The molecule has 0 radical (unpaired) electrons. The Hall–Kier alpha value is -1.19. The molecule has 1 aliphatic heterocycles. The molecule has 21 heavy (non-hydrogen) atoms. The predicted molar refractivity (Wildman–Crippen MR) is 72.7 cm³/mol. The maximum atomic E-state index is 12.8. The van der Waals surface area contributed by atoms with E-state index in [0.29, 0.717) is 4.88 Å². The van der Waals surface area contributed by atoms with Gasteiger partial charge >= 0.3 is 6.18 Å². The summed E-state index contributed by atoms with van der Waals surface area (Å²) in [6, 6.07) is 1.14. The molecule has 2 heterocycles. The van der Waals surface area contributed by atoms with E-state index in [1.165, 1.54) is 6.92 Å². The van der Waals surface area contributed by atoms with E-state index in [-0.39, 0.29) is 28.7 Å². The summed E-state index contributed by atoms with van der Waals surface area (Å²) in [6.45, 7) is 1.28. The van der Waals surface area contributed by atoms with Crippen molar-refractivity contribution in [2.24, 2.45) is 0 Å². The van der Waals surface area contributed by atoms with Crippen molar-refractivity contribution in [3.8, 4) is 0 Å². The second-order valence-electron chi connectivity index (χ2n) is 4.34. The average molecular weight is 339 g/mol. The lowest BCUT2D eigenvalue weighted by Gasteiger charge is -2.11. The first-order valence-electron chi connectivity index (χ1n) is 5.93. The molecule has 0 bridgehead atoms. The highest BCUT2D eigenvalue weighted by Gasteiger charge is 2.37. The van der Waals surface area contributed by atoms with E-state index in [1.54, 1.807) is 0 Å². The van der Waals surface area contributed by atoms with Gasteiger partial charge < -0.3 is 4.74 Å². The molecule has 116 valence electrons. The van der Waals surface area contributed by atoms with Crippen LogP contribution < -0.4 is 0 Å². The first-order chi connectivity index (χ1) is 9.66. The minimum Gasteiger partial charge on any atom is -0.375 e. The van der Waals surface area contributed by atoms with E-state index < -0.39 is 27.3 Å². The van der Waals surface area contributed by atoms with Crippen LogP contribution in [0, 0.1) is 5.41 Å². The molecule has 0 unspecified atom stereocenters. The number of halogens is 3. The van der Waals surface area contributed by atoms with Gasteiger partial charge in [-0.2, -0.15) is 13.2 Å². The third-order valence-electron chi connectivity index (χ3n) is 2.94. The summed E-state index contributed by atoms with van der Waals surface area (Å²) >= 11 is 0.849. The zero-order valence-corrected chi connectivity index (χ0v) is 12.6. The molecule has 0 aliphatic carbocycles. The summed E-state index contributed by atoms with van der Waals surface area (Å²) < 4.78 is 67.5. The van der Waals surface area contributed by atoms with Gasteiger partial charge in [-0.15, -0.1) is 11.3 Å². The molecule has 1 N–H and O–H groups in total. The van der Waals surface area contributed by atoms with E-state index in [9.17, 15) is 21.6 Å². The van der Waals surface area contributed by atoms with Gasteiger partial charge in [-0.25, -0.2) is 8.42 Å². The number of rotatable bonds is 2. The van der Waals surface area contributed by atoms with Gasteiger partial charge in [0.2, 0.25) is 0 Å². The topological polar surface area (TPSA) is 67.2 Å². The van der Waals surface area contributed by atoms with E-state index in [0.717, 1.165) is 23.5 Å². The van der Waals surface area contributed by atoms with Crippen molar-refractivity contribution in [3.05, 3.63) is 27.5 Å². The molecule has 2 rings (SSSR count). The Morgan fingerprint density at radius 1 is 1.48 bits per heavy atom. The van der Waals surface area contributed by atoms with Crippen LogP contribution in [0.4, 0.5) is 13.2 Å². The third kappa shape index (κ3) is 3.19. The van der Waals surface area contributed by atoms with E-state index in [4.69, 9.17) is 10.1 Å². The lowest BCUT2D eigenvalue weighted by molar-refractivity contribution is -0.0861. The van der Waals surface area contributed by atoms with Crippen molar-refractivity contribution < 1.29 is 26.3 Å². The number of nitrogens with one attached hydrogen (secondary N) is 1. The Kier molecular flexibility index (Phi) is 4.27. The lowest BCUT2D eigenvalue weighted by Crippen LogP contribution is -2.19. The first-order valence-corrected chi connectivity index (χ1v) is 8.39. The fourth-order valence-corrected chi connectivity index (χ4v) is 4.72. The van der Waals surface area contributed by atoms with Gasteiger partial charge in [0.05, 0.1) is 40.0 Å². The molecule has 1 aromatic rings. The third-order valence-corrected chi connectivity index (χ3v) is 5.94. The van der Waals surface area contributed by atoms with Crippen molar-refractivity contribution >= 4 is 26.9 Å². The van der Waals surface area contributed by atoms with Gasteiger partial charge in [0.25, 0.3) is 0 Å². The fraction of sp³-hybridized carbons (Fsp3) is 0.417. The minimum absolute atomic E-state index is 0.0256. The highest BCUT2D eigenvalue weighted by atomic mass is 32.2. The Balaban J connectivity index is 2.47. The molecular weight excluding hydrogens is 327 g/mol. The number of thiophene rings is 1. The SMILES string of the molecule is C/C=C(\C(=N)c1cc2c(s1)COCCS2(=O)=O)C(F)(F)F. The zero-order valence-electron chi connectivity index (χ0n) is 11.0. The Morgan fingerprint density at radius 3 is 2.71 bits per heavy atom. The van der Waals surface area contributed by atoms with Crippen LogP contribution in [-0.2, 0) is 21.2 Å². The number of sulfone groups is 1. The standard InChI is InChI=1S/C12H12F3NO3S2/c1-2-7(12(13,14)15)11(16)8-5-10-9(20-8)6-19-3-4-21(10,17)18/h2,5,16H,3-4,6H2,1H3/b7-2+,16-11?. The number of hydrogen-bond acceptors (Lipinski definition) is 5. The minimum atomic E-state index is -4.65. The zero-order chi connectivity index (χ0) is 15.8. The van der Waals surface area contributed by atoms with Crippen molar-refractivity contribution in [2.45, 2.75) is 24.6 Å². The van der Waals surface area contributed by atoms with Gasteiger partial charge in [0.15, 0.2) is 9.84 Å². The van der Waals surface area contributed by atoms with Crippen LogP contribution in [0.1, 0.15) is 16.7 Å². The van der Waals surface area contributed by atoms with Crippen LogP contribution in [0.5, 0.6) is 0 Å². The van der Waals surface area contributed by atoms with Gasteiger partial charge in [-0.05, 0) is 13.0 Å². The molecule has 0 amide bonds. The van der Waals surface area contributed by atoms with Crippen molar-refractivity contribution in [1.29, 1.82) is 5.41 Å². The smallest absolute Gasteiger partial charge is 0.375 e. The van der Waals surface area contributed by atoms with E-state index >= 15 is 0 Å². The van der Waals surface area contributed by atoms with Gasteiger partial charge in [-0.1, -0.05) is 6.08 Å². The van der Waals surface area contributed by atoms with Gasteiger partial charge in [-0.3, -0.25) is 5.41 Å². The summed E-state index contributed by atoms with van der Waals surface area (Å²) in [5, 5.41) is 7.69. The largest absolute Gasteiger partial charge is 0.418 e. The lowest BCUT2D eigenvalue weighted by atomic mass is 10.1. The normalized spacial score (nSPS) is 19.0. The van der Waals surface area contributed by atoms with Crippen LogP contribution in [0.25, 0.3) is 0 Å². The molecule has 1 aliphatic rings. The number of allylic oxidation sites excluding steroid dienone is 2. The summed E-state index contributed by atoms with van der Waals surface area (Å²) in [6.07, 6.45) is -3.85. The van der Waals surface area contributed by atoms with Crippen LogP contribution >= 0.6 is 11.3 Å². The molecule has 9 heteroatoms. The quantitative estimate of drug-likeness (QED) is 0.843. The highest BCUT2D eigenvalue weighted by Crippen LogP contribution is 2.35. The number of fused-ring (bicyclic) bond motifs is 1. The Bertz CT molecular complexity index is 702. The van der Waals surface area contributed by atoms with Crippen LogP contribution in [0.3, 0.4) is 0 Å². The molecule has 0 atom stereocenters. The van der Waals surface area contributed by atoms with E-state index in [1.807, 2.05) is 0 Å². The molecular formula is C12H12F3NO3S2. The van der Waals surface area contributed by atoms with Gasteiger partial charge in [0.1, 0.15) is 0 Å². The second-order valence-corrected chi connectivity index (χ2v) is 7.56. The molecule has 1 aromatic heterocycles. The molecule has 0 fully saturated rings. The summed E-state index contributed by atoms with van der Waals surface area (Å²) in [4.78, 5) is 0.284. The molecule has 0 saturated heterocycles. The molecule has 0 spiro atoms. The summed E-state index contributed by atoms with van der Waals surface area (Å²) in [7, 11) is -3.57. The number of ether oxygens (including phenoxy) is 1.